The summed E-state index contributed by atoms with van der Waals surface area (Å²) in [6, 6.07) is 10.7. The molecule has 1 amide bonds. The smallest absolute Gasteiger partial charge is 0.257 e. The zero-order valence-corrected chi connectivity index (χ0v) is 15.2. The van der Waals surface area contributed by atoms with Crippen molar-refractivity contribution < 1.29 is 14.3 Å². The first-order valence-corrected chi connectivity index (χ1v) is 8.30. The summed E-state index contributed by atoms with van der Waals surface area (Å²) < 4.78 is 10.5. The maximum atomic E-state index is 11.8. The number of amides is 1. The summed E-state index contributed by atoms with van der Waals surface area (Å²) in [4.78, 5) is 11.8. The van der Waals surface area contributed by atoms with Crippen molar-refractivity contribution in [2.24, 2.45) is 0 Å². The first-order chi connectivity index (χ1) is 11.5. The van der Waals surface area contributed by atoms with Gasteiger partial charge in [-0.2, -0.15) is 0 Å². The molecule has 128 valence electrons. The lowest BCUT2D eigenvalue weighted by atomic mass is 10.1. The number of rotatable bonds is 7. The molecule has 2 aromatic carbocycles. The molecule has 0 atom stereocenters. The second-order valence-electron chi connectivity index (χ2n) is 4.94. The van der Waals surface area contributed by atoms with Crippen LogP contribution in [0.2, 0.25) is 15.1 Å². The van der Waals surface area contributed by atoms with E-state index in [0.29, 0.717) is 18.0 Å². The van der Waals surface area contributed by atoms with Gasteiger partial charge in [0.25, 0.3) is 5.91 Å². The maximum absolute atomic E-state index is 11.8. The van der Waals surface area contributed by atoms with Crippen molar-refractivity contribution >= 4 is 40.7 Å². The molecule has 4 nitrogen and oxygen atoms in total. The topological polar surface area (TPSA) is 47.6 Å². The minimum atomic E-state index is -0.259. The molecule has 2 rings (SSSR count). The van der Waals surface area contributed by atoms with E-state index in [9.17, 15) is 4.79 Å². The molecule has 1 N–H and O–H groups in total. The van der Waals surface area contributed by atoms with Crippen molar-refractivity contribution in [3.05, 3.63) is 57.0 Å². The number of halogens is 3. The molecule has 2 aromatic rings. The van der Waals surface area contributed by atoms with Crippen molar-refractivity contribution in [3.8, 4) is 11.5 Å². The van der Waals surface area contributed by atoms with E-state index in [0.717, 1.165) is 11.3 Å². The van der Waals surface area contributed by atoms with Gasteiger partial charge in [0.05, 0.1) is 17.2 Å². The number of benzene rings is 2. The zero-order valence-electron chi connectivity index (χ0n) is 12.9. The molecule has 7 heteroatoms. The summed E-state index contributed by atoms with van der Waals surface area (Å²) in [6.45, 7) is 0.320. The number of ether oxygens (including phenoxy) is 2. The van der Waals surface area contributed by atoms with Gasteiger partial charge in [-0.25, -0.2) is 0 Å². The monoisotopic (exact) mass is 387 g/mol. The van der Waals surface area contributed by atoms with Gasteiger partial charge in [-0.15, -0.1) is 0 Å². The first kappa shape index (κ1) is 18.7. The van der Waals surface area contributed by atoms with Crippen LogP contribution in [0.15, 0.2) is 36.4 Å². The summed E-state index contributed by atoms with van der Waals surface area (Å²) in [5, 5.41) is 3.70. The molecule has 0 aromatic heterocycles. The lowest BCUT2D eigenvalue weighted by Gasteiger charge is -2.11. The summed E-state index contributed by atoms with van der Waals surface area (Å²) >= 11 is 17.8. The Morgan fingerprint density at radius 2 is 1.71 bits per heavy atom. The first-order valence-electron chi connectivity index (χ1n) is 7.16. The standard InChI is InChI=1S/C17H16Cl3NO3/c1-23-13-4-2-11(3-5-13)6-7-21-16(22)10-24-17-14(19)8-12(18)9-15(17)20/h2-5,8-9H,6-7,10H2,1H3,(H,21,22). The van der Waals surface area contributed by atoms with Crippen LogP contribution in [0.25, 0.3) is 0 Å². The normalized spacial score (nSPS) is 10.3. The molecule has 0 aliphatic rings. The highest BCUT2D eigenvalue weighted by Gasteiger charge is 2.11. The number of nitrogens with one attached hydrogen (secondary N) is 1. The second kappa shape index (κ2) is 9.02. The second-order valence-corrected chi connectivity index (χ2v) is 6.19. The minimum Gasteiger partial charge on any atom is -0.497 e. The number of hydrogen-bond acceptors (Lipinski definition) is 3. The van der Waals surface area contributed by atoms with Crippen molar-refractivity contribution in [3.63, 3.8) is 0 Å². The van der Waals surface area contributed by atoms with E-state index in [1.807, 2.05) is 24.3 Å². The minimum absolute atomic E-state index is 0.177. The molecular formula is C17H16Cl3NO3. The summed E-state index contributed by atoms with van der Waals surface area (Å²) in [7, 11) is 1.62. The fraction of sp³-hybridized carbons (Fsp3) is 0.235. The molecule has 0 fully saturated rings. The Morgan fingerprint density at radius 1 is 1.08 bits per heavy atom. The van der Waals surface area contributed by atoms with E-state index in [1.165, 1.54) is 12.1 Å². The van der Waals surface area contributed by atoms with Crippen LogP contribution in [0, 0.1) is 0 Å². The van der Waals surface area contributed by atoms with Crippen LogP contribution < -0.4 is 14.8 Å². The fourth-order valence-electron chi connectivity index (χ4n) is 1.99. The van der Waals surface area contributed by atoms with Crippen LogP contribution in [0.3, 0.4) is 0 Å². The van der Waals surface area contributed by atoms with E-state index in [4.69, 9.17) is 44.3 Å². The molecule has 0 unspecified atom stereocenters. The van der Waals surface area contributed by atoms with Crippen LogP contribution in [0.5, 0.6) is 11.5 Å². The van der Waals surface area contributed by atoms with E-state index in [2.05, 4.69) is 5.32 Å². The third-order valence-electron chi connectivity index (χ3n) is 3.21. The van der Waals surface area contributed by atoms with E-state index in [-0.39, 0.29) is 28.3 Å². The Morgan fingerprint density at radius 3 is 2.29 bits per heavy atom. The molecule has 0 aliphatic carbocycles. The van der Waals surface area contributed by atoms with E-state index < -0.39 is 0 Å². The largest absolute Gasteiger partial charge is 0.497 e. The molecule has 0 aliphatic heterocycles. The zero-order chi connectivity index (χ0) is 17.5. The lowest BCUT2D eigenvalue weighted by molar-refractivity contribution is -0.123. The Kier molecular flexibility index (Phi) is 7.03. The number of hydrogen-bond donors (Lipinski definition) is 1. The van der Waals surface area contributed by atoms with Gasteiger partial charge in [0, 0.05) is 11.6 Å². The number of methoxy groups -OCH3 is 1. The van der Waals surface area contributed by atoms with Crippen LogP contribution in [-0.4, -0.2) is 26.2 Å². The molecule has 0 saturated heterocycles. The van der Waals surface area contributed by atoms with Gasteiger partial charge in [0.15, 0.2) is 12.4 Å². The molecule has 0 saturated carbocycles. The molecule has 0 spiro atoms. The maximum Gasteiger partial charge on any atom is 0.257 e. The SMILES string of the molecule is COc1ccc(CCNC(=O)COc2c(Cl)cc(Cl)cc2Cl)cc1. The van der Waals surface area contributed by atoms with Gasteiger partial charge in [-0.05, 0) is 36.2 Å². The molecule has 0 heterocycles. The highest BCUT2D eigenvalue weighted by molar-refractivity contribution is 6.40. The third-order valence-corrected chi connectivity index (χ3v) is 3.99. The Labute approximate surface area is 155 Å². The van der Waals surface area contributed by atoms with Crippen molar-refractivity contribution in [2.45, 2.75) is 6.42 Å². The summed E-state index contributed by atoms with van der Waals surface area (Å²) in [5.74, 6) is 0.784. The van der Waals surface area contributed by atoms with Gasteiger partial charge in [0.2, 0.25) is 0 Å². The summed E-state index contributed by atoms with van der Waals surface area (Å²) in [5.41, 5.74) is 1.10. The third kappa shape index (κ3) is 5.48. The average Bonchev–Trinajstić information content (AvgIpc) is 2.54. The molecule has 24 heavy (non-hydrogen) atoms. The predicted octanol–water partition coefficient (Wildman–Crippen LogP) is 4.39. The highest BCUT2D eigenvalue weighted by atomic mass is 35.5. The Bertz CT molecular complexity index is 682. The van der Waals surface area contributed by atoms with Crippen LogP contribution in [-0.2, 0) is 11.2 Å². The van der Waals surface area contributed by atoms with Gasteiger partial charge in [-0.1, -0.05) is 46.9 Å². The van der Waals surface area contributed by atoms with Gasteiger partial charge >= 0.3 is 0 Å². The van der Waals surface area contributed by atoms with Gasteiger partial charge < -0.3 is 14.8 Å². The summed E-state index contributed by atoms with van der Waals surface area (Å²) in [6.07, 6.45) is 0.707. The predicted molar refractivity (Wildman–Crippen MR) is 96.7 cm³/mol. The number of carbonyl (C=O) groups excluding carboxylic acids is 1. The van der Waals surface area contributed by atoms with Crippen molar-refractivity contribution in [1.82, 2.24) is 5.32 Å². The lowest BCUT2D eigenvalue weighted by Crippen LogP contribution is -2.30. The Hall–Kier alpha value is -1.62. The highest BCUT2D eigenvalue weighted by Crippen LogP contribution is 2.35. The van der Waals surface area contributed by atoms with Crippen LogP contribution in [0.4, 0.5) is 0 Å². The van der Waals surface area contributed by atoms with E-state index in [1.54, 1.807) is 7.11 Å². The fourth-order valence-corrected chi connectivity index (χ4v) is 2.92. The van der Waals surface area contributed by atoms with Crippen LogP contribution in [0.1, 0.15) is 5.56 Å². The van der Waals surface area contributed by atoms with Gasteiger partial charge in [0.1, 0.15) is 5.75 Å². The molecular weight excluding hydrogens is 373 g/mol. The van der Waals surface area contributed by atoms with Crippen molar-refractivity contribution in [1.29, 1.82) is 0 Å². The van der Waals surface area contributed by atoms with E-state index >= 15 is 0 Å². The quantitative estimate of drug-likeness (QED) is 0.765. The van der Waals surface area contributed by atoms with Gasteiger partial charge in [-0.3, -0.25) is 4.79 Å². The number of carbonyl (C=O) groups is 1. The average molecular weight is 389 g/mol. The Balaban J connectivity index is 1.77. The van der Waals surface area contributed by atoms with Crippen molar-refractivity contribution in [2.75, 3.05) is 20.3 Å². The van der Waals surface area contributed by atoms with Crippen LogP contribution >= 0.6 is 34.8 Å². The molecule has 0 radical (unpaired) electrons. The molecule has 0 bridgehead atoms.